The molecule has 1 saturated heterocycles. The molecule has 0 bridgehead atoms. The Labute approximate surface area is 154 Å². The van der Waals surface area contributed by atoms with Gasteiger partial charge >= 0.3 is 0 Å². The first kappa shape index (κ1) is 15.7. The molecule has 5 rings (SSSR count). The fourth-order valence-corrected chi connectivity index (χ4v) is 4.87. The number of nitrogens with zero attached hydrogens (tertiary/aromatic N) is 2. The number of hydrogen-bond donors (Lipinski definition) is 0. The van der Waals surface area contributed by atoms with E-state index in [-0.39, 0.29) is 23.8 Å². The number of carbonyl (C=O) groups excluding carboxylic acids is 2. The van der Waals surface area contributed by atoms with Crippen LogP contribution in [0.1, 0.15) is 25.7 Å². The molecule has 2 unspecified atom stereocenters. The zero-order valence-corrected chi connectivity index (χ0v) is 14.7. The van der Waals surface area contributed by atoms with Crippen molar-refractivity contribution < 1.29 is 14.3 Å². The molecule has 1 aromatic heterocycles. The quantitative estimate of drug-likeness (QED) is 0.670. The Morgan fingerprint density at radius 2 is 1.69 bits per heavy atom. The van der Waals surface area contributed by atoms with Gasteiger partial charge in [-0.15, -0.1) is 11.3 Å². The lowest BCUT2D eigenvalue weighted by Gasteiger charge is -2.25. The minimum atomic E-state index is -0.241. The zero-order chi connectivity index (χ0) is 17.7. The number of ether oxygens (including phenoxy) is 1. The van der Waals surface area contributed by atoms with Crippen LogP contribution in [0.25, 0.3) is 10.2 Å². The molecule has 26 heavy (non-hydrogen) atoms. The number of aromatic nitrogens is 1. The molecule has 2 atom stereocenters. The predicted octanol–water partition coefficient (Wildman–Crippen LogP) is 3.15. The molecule has 6 heteroatoms. The molecule has 3 heterocycles. The summed E-state index contributed by atoms with van der Waals surface area (Å²) in [6.07, 6.45) is 0.706. The molecular formula is C20H16N2O3S. The third-order valence-corrected chi connectivity index (χ3v) is 6.16. The number of fused-ring (bicyclic) bond motifs is 2. The van der Waals surface area contributed by atoms with Crippen LogP contribution in [0.2, 0.25) is 0 Å². The van der Waals surface area contributed by atoms with Gasteiger partial charge in [0.15, 0.2) is 0 Å². The van der Waals surface area contributed by atoms with Crippen molar-refractivity contribution >= 4 is 33.4 Å². The van der Waals surface area contributed by atoms with Crippen LogP contribution in [0.5, 0.6) is 0 Å². The zero-order valence-electron chi connectivity index (χ0n) is 13.9. The maximum absolute atomic E-state index is 12.8. The summed E-state index contributed by atoms with van der Waals surface area (Å²) in [5.41, 5.74) is 1.97. The van der Waals surface area contributed by atoms with Crippen LogP contribution in [-0.4, -0.2) is 41.0 Å². The summed E-state index contributed by atoms with van der Waals surface area (Å²) in [7, 11) is 0. The van der Waals surface area contributed by atoms with Crippen molar-refractivity contribution in [3.63, 3.8) is 0 Å². The standard InChI is InChI=1S/C20H16N2O3S/c23-19-13-5-1-2-6-14(13)20(24)22(19)16-11-25-10-12(16)9-18-21-15-7-3-4-8-17(15)26-18/h1-8,12,16H,9-11H2. The molecule has 2 amide bonds. The highest BCUT2D eigenvalue weighted by atomic mass is 32.1. The summed E-state index contributed by atoms with van der Waals surface area (Å²) in [5.74, 6) is -0.358. The van der Waals surface area contributed by atoms with Crippen LogP contribution < -0.4 is 0 Å². The molecule has 0 N–H and O–H groups in total. The second-order valence-corrected chi connectivity index (χ2v) is 7.79. The van der Waals surface area contributed by atoms with Crippen LogP contribution in [0.15, 0.2) is 48.5 Å². The molecule has 0 aliphatic carbocycles. The molecule has 0 saturated carbocycles. The summed E-state index contributed by atoms with van der Waals surface area (Å²) in [5, 5.41) is 1.02. The van der Waals surface area contributed by atoms with E-state index in [1.807, 2.05) is 18.2 Å². The molecule has 0 spiro atoms. The average Bonchev–Trinajstić information content (AvgIpc) is 3.33. The predicted molar refractivity (Wildman–Crippen MR) is 98.4 cm³/mol. The smallest absolute Gasteiger partial charge is 0.261 e. The van der Waals surface area contributed by atoms with E-state index in [2.05, 4.69) is 11.1 Å². The highest BCUT2D eigenvalue weighted by molar-refractivity contribution is 7.18. The minimum Gasteiger partial charge on any atom is -0.379 e. The number of thiazole rings is 1. The van der Waals surface area contributed by atoms with Gasteiger partial charge < -0.3 is 4.74 Å². The van der Waals surface area contributed by atoms with Crippen LogP contribution in [0, 0.1) is 5.92 Å². The van der Waals surface area contributed by atoms with E-state index < -0.39 is 0 Å². The molecule has 0 radical (unpaired) electrons. The maximum atomic E-state index is 12.8. The van der Waals surface area contributed by atoms with Crippen molar-refractivity contribution in [2.75, 3.05) is 13.2 Å². The number of carbonyl (C=O) groups is 2. The van der Waals surface area contributed by atoms with E-state index in [0.717, 1.165) is 15.2 Å². The fraction of sp³-hybridized carbons (Fsp3) is 0.250. The van der Waals surface area contributed by atoms with Crippen molar-refractivity contribution in [2.45, 2.75) is 12.5 Å². The average molecular weight is 364 g/mol. The second kappa shape index (κ2) is 6.00. The number of rotatable bonds is 3. The van der Waals surface area contributed by atoms with Crippen LogP contribution in [-0.2, 0) is 11.2 Å². The molecular weight excluding hydrogens is 348 g/mol. The van der Waals surface area contributed by atoms with Gasteiger partial charge in [0.25, 0.3) is 11.8 Å². The first-order valence-electron chi connectivity index (χ1n) is 8.61. The van der Waals surface area contributed by atoms with Crippen molar-refractivity contribution in [3.8, 4) is 0 Å². The maximum Gasteiger partial charge on any atom is 0.261 e. The van der Waals surface area contributed by atoms with Gasteiger partial charge in [-0.1, -0.05) is 24.3 Å². The first-order valence-corrected chi connectivity index (χ1v) is 9.43. The molecule has 2 aliphatic rings. The molecule has 130 valence electrons. The summed E-state index contributed by atoms with van der Waals surface area (Å²) in [6, 6.07) is 14.8. The van der Waals surface area contributed by atoms with E-state index in [1.54, 1.807) is 35.6 Å². The van der Waals surface area contributed by atoms with Crippen molar-refractivity contribution in [3.05, 3.63) is 64.7 Å². The van der Waals surface area contributed by atoms with Gasteiger partial charge in [-0.05, 0) is 24.3 Å². The fourth-order valence-electron chi connectivity index (χ4n) is 3.81. The Morgan fingerprint density at radius 1 is 1.00 bits per heavy atom. The molecule has 2 aliphatic heterocycles. The normalized spacial score (nSPS) is 22.4. The lowest BCUT2D eigenvalue weighted by Crippen LogP contribution is -2.44. The van der Waals surface area contributed by atoms with E-state index in [0.29, 0.717) is 30.8 Å². The van der Waals surface area contributed by atoms with Gasteiger partial charge in [0, 0.05) is 12.3 Å². The van der Waals surface area contributed by atoms with Crippen molar-refractivity contribution in [2.24, 2.45) is 5.92 Å². The summed E-state index contributed by atoms with van der Waals surface area (Å²) in [6.45, 7) is 0.926. The number of amides is 2. The van der Waals surface area contributed by atoms with Crippen LogP contribution in [0.4, 0.5) is 0 Å². The third-order valence-electron chi connectivity index (χ3n) is 5.10. The SMILES string of the molecule is O=C1c2ccccc2C(=O)N1C1COCC1Cc1nc2ccccc2s1. The number of para-hydroxylation sites is 1. The topological polar surface area (TPSA) is 59.5 Å². The largest absolute Gasteiger partial charge is 0.379 e. The molecule has 5 nitrogen and oxygen atoms in total. The highest BCUT2D eigenvalue weighted by Crippen LogP contribution is 2.32. The van der Waals surface area contributed by atoms with Gasteiger partial charge in [-0.2, -0.15) is 0 Å². The Hall–Kier alpha value is -2.57. The first-order chi connectivity index (χ1) is 12.7. The number of hydrogen-bond acceptors (Lipinski definition) is 5. The third kappa shape index (κ3) is 2.37. The highest BCUT2D eigenvalue weighted by Gasteiger charge is 2.45. The minimum absolute atomic E-state index is 0.0674. The van der Waals surface area contributed by atoms with E-state index in [1.165, 1.54) is 4.90 Å². The van der Waals surface area contributed by atoms with E-state index in [9.17, 15) is 9.59 Å². The second-order valence-electron chi connectivity index (χ2n) is 6.67. The van der Waals surface area contributed by atoms with Gasteiger partial charge in [-0.3, -0.25) is 14.5 Å². The van der Waals surface area contributed by atoms with E-state index >= 15 is 0 Å². The molecule has 1 fully saturated rings. The summed E-state index contributed by atoms with van der Waals surface area (Å²) >= 11 is 1.66. The Bertz CT molecular complexity index is 961. The summed E-state index contributed by atoms with van der Waals surface area (Å²) in [4.78, 5) is 31.6. The van der Waals surface area contributed by atoms with Gasteiger partial charge in [0.2, 0.25) is 0 Å². The number of imide groups is 1. The van der Waals surface area contributed by atoms with Gasteiger partial charge in [-0.25, -0.2) is 4.98 Å². The van der Waals surface area contributed by atoms with Crippen molar-refractivity contribution in [1.82, 2.24) is 9.88 Å². The van der Waals surface area contributed by atoms with Gasteiger partial charge in [0.05, 0.1) is 45.6 Å². The Morgan fingerprint density at radius 3 is 2.42 bits per heavy atom. The van der Waals surface area contributed by atoms with Crippen molar-refractivity contribution in [1.29, 1.82) is 0 Å². The monoisotopic (exact) mass is 364 g/mol. The van der Waals surface area contributed by atoms with Crippen LogP contribution in [0.3, 0.4) is 0 Å². The summed E-state index contributed by atoms with van der Waals surface area (Å²) < 4.78 is 6.81. The van der Waals surface area contributed by atoms with Crippen LogP contribution >= 0.6 is 11.3 Å². The molecule has 3 aromatic rings. The van der Waals surface area contributed by atoms with Gasteiger partial charge in [0.1, 0.15) is 0 Å². The molecule has 2 aromatic carbocycles. The lowest BCUT2D eigenvalue weighted by atomic mass is 9.98. The lowest BCUT2D eigenvalue weighted by molar-refractivity contribution is 0.0542. The number of benzene rings is 2. The van der Waals surface area contributed by atoms with E-state index in [4.69, 9.17) is 4.74 Å². The Kier molecular flexibility index (Phi) is 3.62. The Balaban J connectivity index is 1.43.